The molecule has 0 fully saturated rings. The zero-order valence-electron chi connectivity index (χ0n) is 10.4. The molecule has 0 spiro atoms. The first kappa shape index (κ1) is 16.9. The zero-order valence-corrected chi connectivity index (χ0v) is 13.5. The van der Waals surface area contributed by atoms with Gasteiger partial charge in [0, 0.05) is 6.04 Å². The summed E-state index contributed by atoms with van der Waals surface area (Å²) >= 11 is 19.2. The molecule has 0 aromatic heterocycles. The summed E-state index contributed by atoms with van der Waals surface area (Å²) in [4.78, 5) is 11.7. The molecule has 0 bridgehead atoms. The molecule has 1 amide bonds. The number of anilines is 1. The van der Waals surface area contributed by atoms with Crippen molar-refractivity contribution in [3.8, 4) is 0 Å². The molecule has 0 aliphatic carbocycles. The molecule has 19 heavy (non-hydrogen) atoms. The van der Waals surface area contributed by atoms with Gasteiger partial charge in [0.15, 0.2) is 0 Å². The number of thioether (sulfide) groups is 1. The van der Waals surface area contributed by atoms with Gasteiger partial charge in [0.1, 0.15) is 0 Å². The number of hydrogen-bond acceptors (Lipinski definition) is 3. The van der Waals surface area contributed by atoms with E-state index < -0.39 is 0 Å². The molecule has 106 valence electrons. The smallest absolute Gasteiger partial charge is 0.234 e. The third-order valence-corrected chi connectivity index (χ3v) is 4.26. The van der Waals surface area contributed by atoms with Gasteiger partial charge in [-0.3, -0.25) is 4.79 Å². The van der Waals surface area contributed by atoms with Gasteiger partial charge in [-0.2, -0.15) is 11.8 Å². The molecule has 1 aromatic rings. The van der Waals surface area contributed by atoms with Crippen LogP contribution in [0.5, 0.6) is 0 Å². The van der Waals surface area contributed by atoms with E-state index in [-0.39, 0.29) is 11.9 Å². The summed E-state index contributed by atoms with van der Waals surface area (Å²) in [6.07, 6.45) is 0.880. The van der Waals surface area contributed by atoms with E-state index in [0.29, 0.717) is 26.5 Å². The van der Waals surface area contributed by atoms with Crippen molar-refractivity contribution < 1.29 is 4.79 Å². The lowest BCUT2D eigenvalue weighted by atomic mass is 10.3. The lowest BCUT2D eigenvalue weighted by Gasteiger charge is -2.09. The molecule has 1 aromatic carbocycles. The van der Waals surface area contributed by atoms with E-state index in [9.17, 15) is 4.79 Å². The van der Waals surface area contributed by atoms with Crippen LogP contribution < -0.4 is 11.1 Å². The Kier molecular flexibility index (Phi) is 7.32. The van der Waals surface area contributed by atoms with Gasteiger partial charge in [-0.1, -0.05) is 34.8 Å². The van der Waals surface area contributed by atoms with E-state index in [1.807, 2.05) is 6.92 Å². The van der Waals surface area contributed by atoms with Gasteiger partial charge in [-0.25, -0.2) is 0 Å². The summed E-state index contributed by atoms with van der Waals surface area (Å²) in [6.45, 7) is 1.94. The maximum Gasteiger partial charge on any atom is 0.234 e. The largest absolute Gasteiger partial charge is 0.328 e. The Bertz CT molecular complexity index is 455. The highest BCUT2D eigenvalue weighted by Gasteiger charge is 2.09. The highest BCUT2D eigenvalue weighted by Crippen LogP contribution is 2.32. The van der Waals surface area contributed by atoms with Gasteiger partial charge in [0.2, 0.25) is 5.91 Å². The Hall–Kier alpha value is -0.130. The second kappa shape index (κ2) is 8.22. The van der Waals surface area contributed by atoms with Crippen molar-refractivity contribution in [2.75, 3.05) is 16.8 Å². The second-order valence-corrected chi connectivity index (χ2v) is 6.44. The molecule has 0 radical (unpaired) electrons. The number of rotatable bonds is 6. The van der Waals surface area contributed by atoms with Crippen molar-refractivity contribution in [3.63, 3.8) is 0 Å². The van der Waals surface area contributed by atoms with Gasteiger partial charge in [0.05, 0.1) is 26.5 Å². The van der Waals surface area contributed by atoms with Gasteiger partial charge in [0.25, 0.3) is 0 Å². The predicted molar refractivity (Wildman–Crippen MR) is 85.7 cm³/mol. The fraction of sp³-hybridized carbons (Fsp3) is 0.417. The number of carbonyl (C=O) groups is 1. The van der Waals surface area contributed by atoms with Crippen molar-refractivity contribution >= 4 is 58.2 Å². The van der Waals surface area contributed by atoms with E-state index in [1.54, 1.807) is 0 Å². The highest BCUT2D eigenvalue weighted by molar-refractivity contribution is 7.99. The summed E-state index contributed by atoms with van der Waals surface area (Å²) in [6, 6.07) is 3.20. The van der Waals surface area contributed by atoms with Crippen LogP contribution in [0.4, 0.5) is 5.69 Å². The number of benzene rings is 1. The molecule has 0 aliphatic heterocycles. The van der Waals surface area contributed by atoms with E-state index >= 15 is 0 Å². The summed E-state index contributed by atoms with van der Waals surface area (Å²) in [5, 5.41) is 3.77. The molecule has 1 unspecified atom stereocenters. The lowest BCUT2D eigenvalue weighted by molar-refractivity contribution is -0.113. The molecule has 1 rings (SSSR count). The normalized spacial score (nSPS) is 12.3. The van der Waals surface area contributed by atoms with E-state index in [4.69, 9.17) is 40.5 Å². The third-order valence-electron chi connectivity index (χ3n) is 2.23. The summed E-state index contributed by atoms with van der Waals surface area (Å²) < 4.78 is 0. The molecule has 0 saturated carbocycles. The molecule has 3 N–H and O–H groups in total. The maximum atomic E-state index is 11.7. The summed E-state index contributed by atoms with van der Waals surface area (Å²) in [7, 11) is 0. The van der Waals surface area contributed by atoms with E-state index in [0.717, 1.165) is 12.2 Å². The molecular formula is C12H15Cl3N2OS. The van der Waals surface area contributed by atoms with Gasteiger partial charge < -0.3 is 11.1 Å². The Morgan fingerprint density at radius 3 is 2.58 bits per heavy atom. The quantitative estimate of drug-likeness (QED) is 0.606. The molecule has 0 aliphatic rings. The number of hydrogen-bond donors (Lipinski definition) is 2. The zero-order chi connectivity index (χ0) is 14.4. The molecule has 3 nitrogen and oxygen atoms in total. The van der Waals surface area contributed by atoms with Crippen LogP contribution in [0.2, 0.25) is 15.1 Å². The number of carbonyl (C=O) groups excluding carboxylic acids is 1. The molecule has 1 atom stereocenters. The number of nitrogens with one attached hydrogen (secondary N) is 1. The average Bonchev–Trinajstić information content (AvgIpc) is 2.31. The first-order valence-electron chi connectivity index (χ1n) is 5.68. The van der Waals surface area contributed by atoms with Crippen LogP contribution in [0.1, 0.15) is 13.3 Å². The van der Waals surface area contributed by atoms with Crippen LogP contribution in [0.3, 0.4) is 0 Å². The third kappa shape index (κ3) is 6.23. The first-order chi connectivity index (χ1) is 8.90. The van der Waals surface area contributed by atoms with Crippen LogP contribution in [-0.2, 0) is 4.79 Å². The minimum Gasteiger partial charge on any atom is -0.328 e. The standard InChI is InChI=1S/C12H15Cl3N2OS/c1-7(16)2-3-19-6-12(18)17-11-5-9(14)8(13)4-10(11)15/h4-5,7H,2-3,6,16H2,1H3,(H,17,18). The second-order valence-electron chi connectivity index (χ2n) is 4.11. The first-order valence-corrected chi connectivity index (χ1v) is 7.96. The van der Waals surface area contributed by atoms with Gasteiger partial charge >= 0.3 is 0 Å². The molecule has 7 heteroatoms. The Labute approximate surface area is 132 Å². The Morgan fingerprint density at radius 2 is 1.95 bits per heavy atom. The molecule has 0 heterocycles. The number of halogens is 3. The van der Waals surface area contributed by atoms with Crippen LogP contribution in [0.25, 0.3) is 0 Å². The van der Waals surface area contributed by atoms with Crippen LogP contribution in [0.15, 0.2) is 12.1 Å². The Morgan fingerprint density at radius 1 is 1.32 bits per heavy atom. The Balaban J connectivity index is 2.46. The summed E-state index contributed by atoms with van der Waals surface area (Å²) in [5.41, 5.74) is 6.09. The monoisotopic (exact) mass is 340 g/mol. The maximum absolute atomic E-state index is 11.7. The summed E-state index contributed by atoms with van der Waals surface area (Å²) in [5.74, 6) is 1.07. The van der Waals surface area contributed by atoms with Crippen LogP contribution in [0, 0.1) is 0 Å². The molecular weight excluding hydrogens is 327 g/mol. The van der Waals surface area contributed by atoms with E-state index in [1.165, 1.54) is 23.9 Å². The van der Waals surface area contributed by atoms with Gasteiger partial charge in [-0.05, 0) is 31.2 Å². The van der Waals surface area contributed by atoms with Gasteiger partial charge in [-0.15, -0.1) is 0 Å². The SMILES string of the molecule is CC(N)CCSCC(=O)Nc1cc(Cl)c(Cl)cc1Cl. The predicted octanol–water partition coefficient (Wildman–Crippen LogP) is 4.06. The number of amides is 1. The van der Waals surface area contributed by atoms with E-state index in [2.05, 4.69) is 5.32 Å². The average molecular weight is 342 g/mol. The van der Waals surface area contributed by atoms with Crippen molar-refractivity contribution in [2.24, 2.45) is 5.73 Å². The fourth-order valence-electron chi connectivity index (χ4n) is 1.24. The minimum atomic E-state index is -0.130. The fourth-order valence-corrected chi connectivity index (χ4v) is 2.77. The van der Waals surface area contributed by atoms with Crippen LogP contribution >= 0.6 is 46.6 Å². The lowest BCUT2D eigenvalue weighted by Crippen LogP contribution is -2.17. The van der Waals surface area contributed by atoms with Crippen molar-refractivity contribution in [3.05, 3.63) is 27.2 Å². The van der Waals surface area contributed by atoms with Crippen molar-refractivity contribution in [1.82, 2.24) is 0 Å². The minimum absolute atomic E-state index is 0.130. The molecule has 0 saturated heterocycles. The number of nitrogens with two attached hydrogens (primary N) is 1. The topological polar surface area (TPSA) is 55.1 Å². The van der Waals surface area contributed by atoms with Crippen LogP contribution in [-0.4, -0.2) is 23.5 Å². The highest BCUT2D eigenvalue weighted by atomic mass is 35.5. The van der Waals surface area contributed by atoms with Crippen molar-refractivity contribution in [1.29, 1.82) is 0 Å². The van der Waals surface area contributed by atoms with Crippen molar-refractivity contribution in [2.45, 2.75) is 19.4 Å².